The van der Waals surface area contributed by atoms with E-state index in [1.807, 2.05) is 0 Å². The maximum atomic E-state index is 8.71. The van der Waals surface area contributed by atoms with Crippen LogP contribution in [0.15, 0.2) is 9.98 Å². The number of aliphatic imine (C=N–C) groups is 2. The predicted octanol–water partition coefficient (Wildman–Crippen LogP) is 0.765. The number of rotatable bonds is 0. The number of nitrogens with zero attached hydrogens (tertiary/aromatic N) is 2. The molecule has 0 amide bonds. The molecular weight excluding hydrogens is 128 g/mol. The molecule has 2 N–H and O–H groups in total. The highest BCUT2D eigenvalue weighted by Crippen LogP contribution is 2.32. The first-order valence-electron chi connectivity index (χ1n) is 1.99. The second-order valence-electron chi connectivity index (χ2n) is 1.36. The molecule has 0 spiro atoms. The van der Waals surface area contributed by atoms with Crippen LogP contribution in [0.2, 0.25) is 0 Å². The van der Waals surface area contributed by atoms with Gasteiger partial charge >= 0.3 is 0 Å². The highest BCUT2D eigenvalue weighted by Gasteiger charge is 2.05. The van der Waals surface area contributed by atoms with Gasteiger partial charge in [0.15, 0.2) is 0 Å². The van der Waals surface area contributed by atoms with Crippen molar-refractivity contribution in [3.8, 4) is 0 Å². The average Bonchev–Trinajstić information content (AvgIpc) is 1.65. The first-order valence-corrected chi connectivity index (χ1v) is 3.66. The number of hydrogen-bond acceptors (Lipinski definition) is 4. The fourth-order valence-corrected chi connectivity index (χ4v) is 0.987. The van der Waals surface area contributed by atoms with Crippen molar-refractivity contribution < 1.29 is 9.11 Å². The fourth-order valence-electron chi connectivity index (χ4n) is 0.360. The van der Waals surface area contributed by atoms with E-state index in [1.165, 1.54) is 0 Å². The first kappa shape index (κ1) is 5.74. The molecule has 0 radical (unpaired) electrons. The van der Waals surface area contributed by atoms with E-state index in [9.17, 15) is 0 Å². The molecular formula is C3H6N2O2S. The second kappa shape index (κ2) is 1.85. The van der Waals surface area contributed by atoms with Gasteiger partial charge in [-0.3, -0.25) is 19.1 Å². The lowest BCUT2D eigenvalue weighted by Gasteiger charge is -2.22. The van der Waals surface area contributed by atoms with Gasteiger partial charge in [-0.05, 0) is 0 Å². The summed E-state index contributed by atoms with van der Waals surface area (Å²) in [4.78, 5) is 7.09. The van der Waals surface area contributed by atoms with Crippen LogP contribution in [0.5, 0.6) is 0 Å². The van der Waals surface area contributed by atoms with Crippen molar-refractivity contribution in [3.05, 3.63) is 0 Å². The van der Waals surface area contributed by atoms with Crippen LogP contribution in [-0.2, 0) is 0 Å². The highest BCUT2D eigenvalue weighted by atomic mass is 32.3. The van der Waals surface area contributed by atoms with Crippen LogP contribution in [0.1, 0.15) is 0 Å². The molecule has 0 aromatic rings. The zero-order valence-corrected chi connectivity index (χ0v) is 4.88. The Morgan fingerprint density at radius 2 is 1.75 bits per heavy atom. The lowest BCUT2D eigenvalue weighted by Crippen LogP contribution is -2.03. The fraction of sp³-hybridized carbons (Fsp3) is 0.333. The molecule has 1 rings (SSSR count). The Balaban J connectivity index is 2.69. The zero-order valence-electron chi connectivity index (χ0n) is 4.06. The summed E-state index contributed by atoms with van der Waals surface area (Å²) in [6, 6.07) is 0. The summed E-state index contributed by atoms with van der Waals surface area (Å²) in [5.41, 5.74) is 2.25. The Morgan fingerprint density at radius 1 is 1.25 bits per heavy atom. The molecule has 1 heterocycles. The van der Waals surface area contributed by atoms with Crippen molar-refractivity contribution >= 4 is 21.7 Å². The molecule has 0 unspecified atom stereocenters. The molecule has 1 aliphatic rings. The van der Waals surface area contributed by atoms with Crippen LogP contribution in [0.4, 0.5) is 0 Å². The summed E-state index contributed by atoms with van der Waals surface area (Å²) in [5, 5.41) is 0. The van der Waals surface area contributed by atoms with E-state index in [0.717, 1.165) is 11.1 Å². The molecule has 4 nitrogen and oxygen atoms in total. The standard InChI is InChI=1S/C3H6N2O2S/c6-8(7)2-4-1-5-3-8/h2-3,6-7H,1H2. The predicted molar refractivity (Wildman–Crippen MR) is 34.7 cm³/mol. The molecule has 0 bridgehead atoms. The van der Waals surface area contributed by atoms with Gasteiger partial charge in [0.25, 0.3) is 0 Å². The summed E-state index contributed by atoms with van der Waals surface area (Å²) in [7, 11) is -2.67. The third kappa shape index (κ3) is 1.29. The smallest absolute Gasteiger partial charge is 0.132 e. The van der Waals surface area contributed by atoms with E-state index in [1.54, 1.807) is 0 Å². The third-order valence-electron chi connectivity index (χ3n) is 0.623. The Hall–Kier alpha value is -0.390. The Kier molecular flexibility index (Phi) is 1.33. The van der Waals surface area contributed by atoms with Gasteiger partial charge in [-0.25, -0.2) is 0 Å². The van der Waals surface area contributed by atoms with Gasteiger partial charge in [0.2, 0.25) is 0 Å². The van der Waals surface area contributed by atoms with Crippen LogP contribution in [0.25, 0.3) is 0 Å². The van der Waals surface area contributed by atoms with E-state index >= 15 is 0 Å². The Morgan fingerprint density at radius 3 is 2.00 bits per heavy atom. The first-order chi connectivity index (χ1) is 3.71. The van der Waals surface area contributed by atoms with Crippen molar-refractivity contribution in [1.29, 1.82) is 0 Å². The van der Waals surface area contributed by atoms with E-state index in [4.69, 9.17) is 9.11 Å². The molecule has 1 aliphatic heterocycles. The Bertz CT molecular complexity index is 128. The molecule has 0 aliphatic carbocycles. The molecule has 8 heavy (non-hydrogen) atoms. The van der Waals surface area contributed by atoms with Crippen molar-refractivity contribution in [2.75, 3.05) is 6.67 Å². The quantitative estimate of drug-likeness (QED) is 0.513. The number of hydrogen-bond donors (Lipinski definition) is 2. The minimum absolute atomic E-state index is 0.315. The normalized spacial score (nSPS) is 27.8. The summed E-state index contributed by atoms with van der Waals surface area (Å²) in [6.45, 7) is 0.315. The topological polar surface area (TPSA) is 65.2 Å². The maximum Gasteiger partial charge on any atom is 0.132 e. The minimum Gasteiger partial charge on any atom is -0.289 e. The summed E-state index contributed by atoms with van der Waals surface area (Å²) >= 11 is 0. The van der Waals surface area contributed by atoms with Crippen molar-refractivity contribution in [2.24, 2.45) is 9.98 Å². The lowest BCUT2D eigenvalue weighted by molar-refractivity contribution is 0.521. The molecule has 46 valence electrons. The monoisotopic (exact) mass is 134 g/mol. The summed E-state index contributed by atoms with van der Waals surface area (Å²) in [5.74, 6) is 0. The molecule has 0 saturated heterocycles. The Labute approximate surface area is 48.3 Å². The molecule has 0 aromatic heterocycles. The molecule has 5 heteroatoms. The van der Waals surface area contributed by atoms with Gasteiger partial charge < -0.3 is 0 Å². The summed E-state index contributed by atoms with van der Waals surface area (Å²) < 4.78 is 17.4. The van der Waals surface area contributed by atoms with Gasteiger partial charge in [0.1, 0.15) is 17.8 Å². The molecule has 0 saturated carbocycles. The van der Waals surface area contributed by atoms with Crippen LogP contribution >= 0.6 is 10.6 Å². The van der Waals surface area contributed by atoms with E-state index in [-0.39, 0.29) is 0 Å². The zero-order chi connectivity index (χ0) is 6.04. The van der Waals surface area contributed by atoms with E-state index in [0.29, 0.717) is 6.67 Å². The second-order valence-corrected chi connectivity index (χ2v) is 3.06. The lowest BCUT2D eigenvalue weighted by atomic mass is 11.1. The minimum atomic E-state index is -2.67. The van der Waals surface area contributed by atoms with Crippen molar-refractivity contribution in [3.63, 3.8) is 0 Å². The largest absolute Gasteiger partial charge is 0.289 e. The van der Waals surface area contributed by atoms with Gasteiger partial charge in [-0.2, -0.15) is 0 Å². The maximum absolute atomic E-state index is 8.71. The van der Waals surface area contributed by atoms with Gasteiger partial charge in [-0.15, -0.1) is 10.6 Å². The van der Waals surface area contributed by atoms with Crippen LogP contribution in [0, 0.1) is 0 Å². The van der Waals surface area contributed by atoms with Crippen LogP contribution in [-0.4, -0.2) is 26.9 Å². The third-order valence-corrected chi connectivity index (χ3v) is 1.54. The van der Waals surface area contributed by atoms with Gasteiger partial charge in [-0.1, -0.05) is 0 Å². The van der Waals surface area contributed by atoms with E-state index < -0.39 is 10.6 Å². The van der Waals surface area contributed by atoms with Crippen molar-refractivity contribution in [1.82, 2.24) is 0 Å². The molecule has 0 atom stereocenters. The van der Waals surface area contributed by atoms with Gasteiger partial charge in [0.05, 0.1) is 0 Å². The van der Waals surface area contributed by atoms with Gasteiger partial charge in [0, 0.05) is 0 Å². The van der Waals surface area contributed by atoms with Crippen molar-refractivity contribution in [2.45, 2.75) is 0 Å². The van der Waals surface area contributed by atoms with E-state index in [2.05, 4.69) is 9.98 Å². The van der Waals surface area contributed by atoms with Crippen LogP contribution < -0.4 is 0 Å². The van der Waals surface area contributed by atoms with Crippen LogP contribution in [0.3, 0.4) is 0 Å². The molecule has 0 fully saturated rings. The SMILES string of the molecule is OS1(O)C=NCN=C1. The average molecular weight is 134 g/mol. The molecule has 0 aromatic carbocycles. The highest BCUT2D eigenvalue weighted by molar-refractivity contribution is 8.45. The summed E-state index contributed by atoms with van der Waals surface area (Å²) in [6.07, 6.45) is 0.